The Hall–Kier alpha value is -3.27. The maximum atomic E-state index is 13.4. The minimum Gasteiger partial charge on any atom is -0.486 e. The van der Waals surface area contributed by atoms with Crippen molar-refractivity contribution >= 4 is 5.91 Å². The summed E-state index contributed by atoms with van der Waals surface area (Å²) < 4.78 is 11.3. The van der Waals surface area contributed by atoms with E-state index in [1.165, 1.54) is 16.7 Å². The predicted molar refractivity (Wildman–Crippen MR) is 118 cm³/mol. The van der Waals surface area contributed by atoms with Crippen LogP contribution < -0.4 is 9.47 Å². The summed E-state index contributed by atoms with van der Waals surface area (Å²) in [5, 5.41) is 0. The van der Waals surface area contributed by atoms with Crippen molar-refractivity contribution in [2.45, 2.75) is 26.3 Å². The lowest BCUT2D eigenvalue weighted by Gasteiger charge is -2.25. The third-order valence-corrected chi connectivity index (χ3v) is 5.44. The van der Waals surface area contributed by atoms with Crippen LogP contribution >= 0.6 is 0 Å². The van der Waals surface area contributed by atoms with Crippen molar-refractivity contribution < 1.29 is 14.3 Å². The van der Waals surface area contributed by atoms with Crippen LogP contribution in [0, 0.1) is 6.92 Å². The molecule has 0 atom stereocenters. The van der Waals surface area contributed by atoms with Crippen LogP contribution in [0.4, 0.5) is 0 Å². The number of ether oxygens (including phenoxy) is 2. The molecule has 0 aromatic heterocycles. The van der Waals surface area contributed by atoms with Crippen LogP contribution in [-0.4, -0.2) is 30.6 Å². The molecule has 154 valence electrons. The first-order chi connectivity index (χ1) is 14.7. The first kappa shape index (κ1) is 20.0. The zero-order valence-electron chi connectivity index (χ0n) is 17.3. The molecule has 4 nitrogen and oxygen atoms in total. The molecule has 0 saturated heterocycles. The van der Waals surface area contributed by atoms with Crippen molar-refractivity contribution in [3.8, 4) is 11.5 Å². The van der Waals surface area contributed by atoms with E-state index in [1.807, 2.05) is 35.2 Å². The molecule has 30 heavy (non-hydrogen) atoms. The molecule has 3 aromatic carbocycles. The summed E-state index contributed by atoms with van der Waals surface area (Å²) in [6, 6.07) is 24.1. The fourth-order valence-electron chi connectivity index (χ4n) is 3.72. The molecular formula is C26H27NO3. The first-order valence-corrected chi connectivity index (χ1v) is 10.5. The van der Waals surface area contributed by atoms with Gasteiger partial charge in [0.05, 0.1) is 0 Å². The fourth-order valence-corrected chi connectivity index (χ4v) is 3.72. The smallest absolute Gasteiger partial charge is 0.254 e. The third-order valence-electron chi connectivity index (χ3n) is 5.44. The largest absolute Gasteiger partial charge is 0.486 e. The monoisotopic (exact) mass is 401 g/mol. The van der Waals surface area contributed by atoms with Gasteiger partial charge in [0.1, 0.15) is 13.2 Å². The van der Waals surface area contributed by atoms with Crippen LogP contribution in [-0.2, 0) is 13.0 Å². The highest BCUT2D eigenvalue weighted by Gasteiger charge is 2.20. The number of amides is 1. The number of carbonyl (C=O) groups excluding carboxylic acids is 1. The lowest BCUT2D eigenvalue weighted by Crippen LogP contribution is -2.32. The SMILES string of the molecule is Cc1ccccc1CN(CCCc1ccccc1)C(=O)c1ccc2c(c1)OCCO2. The van der Waals surface area contributed by atoms with Gasteiger partial charge >= 0.3 is 0 Å². The van der Waals surface area contributed by atoms with Gasteiger partial charge in [-0.3, -0.25) is 4.79 Å². The molecule has 0 bridgehead atoms. The van der Waals surface area contributed by atoms with Gasteiger partial charge in [-0.2, -0.15) is 0 Å². The molecule has 0 spiro atoms. The lowest BCUT2D eigenvalue weighted by atomic mass is 10.1. The summed E-state index contributed by atoms with van der Waals surface area (Å²) in [7, 11) is 0. The van der Waals surface area contributed by atoms with E-state index in [0.717, 1.165) is 12.8 Å². The lowest BCUT2D eigenvalue weighted by molar-refractivity contribution is 0.0740. The maximum absolute atomic E-state index is 13.4. The topological polar surface area (TPSA) is 38.8 Å². The number of aryl methyl sites for hydroxylation is 2. The van der Waals surface area contributed by atoms with Gasteiger partial charge in [-0.15, -0.1) is 0 Å². The zero-order valence-corrected chi connectivity index (χ0v) is 17.3. The van der Waals surface area contributed by atoms with Crippen LogP contribution in [0.15, 0.2) is 72.8 Å². The summed E-state index contributed by atoms with van der Waals surface area (Å²) in [6.07, 6.45) is 1.85. The molecule has 3 aromatic rings. The van der Waals surface area contributed by atoms with Gasteiger partial charge in [0, 0.05) is 18.7 Å². The highest BCUT2D eigenvalue weighted by atomic mass is 16.6. The Morgan fingerprint density at radius 1 is 0.900 bits per heavy atom. The molecule has 0 saturated carbocycles. The van der Waals surface area contributed by atoms with Gasteiger partial charge < -0.3 is 14.4 Å². The Morgan fingerprint density at radius 3 is 2.43 bits per heavy atom. The zero-order chi connectivity index (χ0) is 20.8. The van der Waals surface area contributed by atoms with Gasteiger partial charge in [-0.05, 0) is 54.7 Å². The highest BCUT2D eigenvalue weighted by molar-refractivity contribution is 5.95. The van der Waals surface area contributed by atoms with E-state index in [-0.39, 0.29) is 5.91 Å². The van der Waals surface area contributed by atoms with E-state index in [0.29, 0.717) is 43.4 Å². The Labute approximate surface area is 178 Å². The van der Waals surface area contributed by atoms with Crippen molar-refractivity contribution in [3.05, 3.63) is 95.1 Å². The first-order valence-electron chi connectivity index (χ1n) is 10.5. The van der Waals surface area contributed by atoms with Crippen LogP contribution in [0.25, 0.3) is 0 Å². The predicted octanol–water partition coefficient (Wildman–Crippen LogP) is 5.04. The summed E-state index contributed by atoms with van der Waals surface area (Å²) in [4.78, 5) is 15.4. The average Bonchev–Trinajstić information content (AvgIpc) is 2.79. The Morgan fingerprint density at radius 2 is 1.63 bits per heavy atom. The molecule has 1 amide bonds. The summed E-state index contributed by atoms with van der Waals surface area (Å²) >= 11 is 0. The highest BCUT2D eigenvalue weighted by Crippen LogP contribution is 2.31. The molecule has 4 rings (SSSR count). The van der Waals surface area contributed by atoms with E-state index in [1.54, 1.807) is 6.07 Å². The number of rotatable bonds is 7. The van der Waals surface area contributed by atoms with Crippen LogP contribution in [0.3, 0.4) is 0 Å². The molecule has 0 radical (unpaired) electrons. The van der Waals surface area contributed by atoms with E-state index in [4.69, 9.17) is 9.47 Å². The van der Waals surface area contributed by atoms with Crippen molar-refractivity contribution in [3.63, 3.8) is 0 Å². The second-order valence-corrected chi connectivity index (χ2v) is 7.60. The van der Waals surface area contributed by atoms with Gasteiger partial charge in [0.2, 0.25) is 0 Å². The van der Waals surface area contributed by atoms with Crippen LogP contribution in [0.2, 0.25) is 0 Å². The third kappa shape index (κ3) is 4.82. The van der Waals surface area contributed by atoms with Gasteiger partial charge in [0.15, 0.2) is 11.5 Å². The second-order valence-electron chi connectivity index (χ2n) is 7.60. The van der Waals surface area contributed by atoms with Crippen molar-refractivity contribution in [1.29, 1.82) is 0 Å². The summed E-state index contributed by atoms with van der Waals surface area (Å²) in [5.74, 6) is 1.36. The van der Waals surface area contributed by atoms with E-state index in [9.17, 15) is 4.79 Å². The summed E-state index contributed by atoms with van der Waals surface area (Å²) in [6.45, 7) is 4.42. The number of nitrogens with zero attached hydrogens (tertiary/aromatic N) is 1. The molecule has 0 unspecified atom stereocenters. The number of hydrogen-bond donors (Lipinski definition) is 0. The van der Waals surface area contributed by atoms with Gasteiger partial charge in [0.25, 0.3) is 5.91 Å². The molecule has 1 heterocycles. The standard InChI is InChI=1S/C26H27NO3/c1-20-8-5-6-12-23(20)19-27(15-7-11-21-9-3-2-4-10-21)26(28)22-13-14-24-25(18-22)30-17-16-29-24/h2-6,8-10,12-14,18H,7,11,15-17,19H2,1H3. The van der Waals surface area contributed by atoms with Crippen molar-refractivity contribution in [2.75, 3.05) is 19.8 Å². The minimum atomic E-state index is 0.0169. The molecule has 0 aliphatic carbocycles. The second kappa shape index (κ2) is 9.49. The van der Waals surface area contributed by atoms with E-state index < -0.39 is 0 Å². The van der Waals surface area contributed by atoms with Crippen LogP contribution in [0.1, 0.15) is 33.5 Å². The van der Waals surface area contributed by atoms with Crippen molar-refractivity contribution in [2.24, 2.45) is 0 Å². The fraction of sp³-hybridized carbons (Fsp3) is 0.269. The van der Waals surface area contributed by atoms with Gasteiger partial charge in [-0.25, -0.2) is 0 Å². The Kier molecular flexibility index (Phi) is 6.33. The summed E-state index contributed by atoms with van der Waals surface area (Å²) in [5.41, 5.74) is 4.29. The normalized spacial score (nSPS) is 12.4. The molecule has 0 fully saturated rings. The number of fused-ring (bicyclic) bond motifs is 1. The van der Waals surface area contributed by atoms with Crippen LogP contribution in [0.5, 0.6) is 11.5 Å². The molecule has 1 aliphatic heterocycles. The van der Waals surface area contributed by atoms with E-state index >= 15 is 0 Å². The molecule has 1 aliphatic rings. The molecule has 4 heteroatoms. The number of carbonyl (C=O) groups is 1. The molecule has 0 N–H and O–H groups in total. The average molecular weight is 402 g/mol. The Balaban J connectivity index is 1.52. The number of hydrogen-bond acceptors (Lipinski definition) is 3. The van der Waals surface area contributed by atoms with Gasteiger partial charge in [-0.1, -0.05) is 54.6 Å². The molecular weight excluding hydrogens is 374 g/mol. The quantitative estimate of drug-likeness (QED) is 0.557. The number of benzene rings is 3. The minimum absolute atomic E-state index is 0.0169. The maximum Gasteiger partial charge on any atom is 0.254 e. The van der Waals surface area contributed by atoms with E-state index in [2.05, 4.69) is 43.3 Å². The Bertz CT molecular complexity index is 1000. The van der Waals surface area contributed by atoms with Crippen molar-refractivity contribution in [1.82, 2.24) is 4.90 Å².